The average Bonchev–Trinajstić information content (AvgIpc) is 2.08. The topological polar surface area (TPSA) is 17.1 Å². The second-order valence-electron chi connectivity index (χ2n) is 2.75. The third kappa shape index (κ3) is 4.08. The van der Waals surface area contributed by atoms with E-state index < -0.39 is 0 Å². The van der Waals surface area contributed by atoms with Crippen LogP contribution < -0.4 is 0 Å². The maximum Gasteiger partial charge on any atom is 0.130 e. The van der Waals surface area contributed by atoms with Crippen LogP contribution in [0.5, 0.6) is 0 Å². The van der Waals surface area contributed by atoms with Crippen molar-refractivity contribution in [1.29, 1.82) is 0 Å². The molecule has 0 fully saturated rings. The molecule has 0 saturated carbocycles. The summed E-state index contributed by atoms with van der Waals surface area (Å²) >= 11 is 1.57. The van der Waals surface area contributed by atoms with Crippen LogP contribution in [0, 0.1) is 5.82 Å². The van der Waals surface area contributed by atoms with Crippen LogP contribution in [0.1, 0.15) is 13.3 Å². The highest BCUT2D eigenvalue weighted by Gasteiger charge is 1.96. The van der Waals surface area contributed by atoms with Crippen LogP contribution in [0.2, 0.25) is 0 Å². The fraction of sp³-hybridized carbons (Fsp3) is 0.300. The number of hydrogen-bond acceptors (Lipinski definition) is 2. The Morgan fingerprint density at radius 3 is 2.54 bits per heavy atom. The minimum atomic E-state index is -0.226. The smallest absolute Gasteiger partial charge is 0.130 e. The molecule has 0 N–H and O–H groups in total. The summed E-state index contributed by atoms with van der Waals surface area (Å²) in [7, 11) is 0. The van der Waals surface area contributed by atoms with Gasteiger partial charge in [-0.2, -0.15) is 0 Å². The van der Waals surface area contributed by atoms with Gasteiger partial charge in [0.25, 0.3) is 0 Å². The normalized spacial score (nSPS) is 10.0. The molecule has 0 aliphatic carbocycles. The zero-order chi connectivity index (χ0) is 9.68. The molecule has 1 rings (SSSR count). The number of halogens is 1. The fourth-order valence-corrected chi connectivity index (χ4v) is 1.80. The number of benzene rings is 1. The van der Waals surface area contributed by atoms with Crippen molar-refractivity contribution in [1.82, 2.24) is 0 Å². The molecule has 0 aromatic heterocycles. The molecule has 1 aromatic rings. The Bertz CT molecular complexity index is 281. The van der Waals surface area contributed by atoms with Gasteiger partial charge < -0.3 is 0 Å². The molecule has 0 atom stereocenters. The zero-order valence-corrected chi connectivity index (χ0v) is 8.23. The zero-order valence-electron chi connectivity index (χ0n) is 7.42. The summed E-state index contributed by atoms with van der Waals surface area (Å²) in [6.07, 6.45) is 0.571. The maximum atomic E-state index is 12.5. The number of hydrogen-bond donors (Lipinski definition) is 0. The summed E-state index contributed by atoms with van der Waals surface area (Å²) < 4.78 is 12.5. The van der Waals surface area contributed by atoms with Crippen LogP contribution in [0.15, 0.2) is 29.2 Å². The van der Waals surface area contributed by atoms with Gasteiger partial charge in [0.05, 0.1) is 0 Å². The standard InChI is InChI=1S/C10H11FOS/c1-8(12)6-7-13-10-4-2-9(11)3-5-10/h2-5H,6-7H2,1H3. The van der Waals surface area contributed by atoms with Gasteiger partial charge in [-0.05, 0) is 31.2 Å². The summed E-state index contributed by atoms with van der Waals surface area (Å²) in [5.74, 6) is 0.728. The number of thioether (sulfide) groups is 1. The predicted octanol–water partition coefficient (Wildman–Crippen LogP) is 2.90. The SMILES string of the molecule is CC(=O)CCSc1ccc(F)cc1. The van der Waals surface area contributed by atoms with Gasteiger partial charge in [-0.25, -0.2) is 4.39 Å². The van der Waals surface area contributed by atoms with Crippen molar-refractivity contribution in [2.24, 2.45) is 0 Å². The molecule has 0 bridgehead atoms. The van der Waals surface area contributed by atoms with Crippen molar-refractivity contribution < 1.29 is 9.18 Å². The summed E-state index contributed by atoms with van der Waals surface area (Å²) in [6, 6.07) is 6.30. The average molecular weight is 198 g/mol. The van der Waals surface area contributed by atoms with E-state index in [1.165, 1.54) is 12.1 Å². The number of carbonyl (C=O) groups is 1. The summed E-state index contributed by atoms with van der Waals surface area (Å²) in [4.78, 5) is 11.6. The van der Waals surface area contributed by atoms with Gasteiger partial charge in [-0.3, -0.25) is 4.79 Å². The number of carbonyl (C=O) groups excluding carboxylic acids is 1. The second-order valence-corrected chi connectivity index (χ2v) is 3.92. The van der Waals surface area contributed by atoms with Gasteiger partial charge in [0.2, 0.25) is 0 Å². The summed E-state index contributed by atoms with van der Waals surface area (Å²) in [5, 5.41) is 0. The molecule has 0 unspecified atom stereocenters. The van der Waals surface area contributed by atoms with Gasteiger partial charge >= 0.3 is 0 Å². The van der Waals surface area contributed by atoms with Gasteiger partial charge in [-0.15, -0.1) is 11.8 Å². The molecule has 13 heavy (non-hydrogen) atoms. The Morgan fingerprint density at radius 1 is 1.38 bits per heavy atom. The Hall–Kier alpha value is -0.830. The third-order valence-corrected chi connectivity index (χ3v) is 2.55. The van der Waals surface area contributed by atoms with Crippen LogP contribution >= 0.6 is 11.8 Å². The van der Waals surface area contributed by atoms with E-state index in [2.05, 4.69) is 0 Å². The molecular formula is C10H11FOS. The van der Waals surface area contributed by atoms with Crippen LogP contribution in [0.3, 0.4) is 0 Å². The monoisotopic (exact) mass is 198 g/mol. The fourth-order valence-electron chi connectivity index (χ4n) is 0.843. The van der Waals surface area contributed by atoms with Crippen molar-refractivity contribution in [2.45, 2.75) is 18.2 Å². The van der Waals surface area contributed by atoms with Gasteiger partial charge in [-0.1, -0.05) is 0 Å². The first-order valence-corrected chi connectivity index (χ1v) is 5.05. The molecule has 70 valence electrons. The van der Waals surface area contributed by atoms with E-state index in [0.717, 1.165) is 10.6 Å². The summed E-state index contributed by atoms with van der Waals surface area (Å²) in [6.45, 7) is 1.57. The van der Waals surface area contributed by atoms with Crippen LogP contribution in [0.4, 0.5) is 4.39 Å². The van der Waals surface area contributed by atoms with Crippen molar-refractivity contribution in [3.63, 3.8) is 0 Å². The van der Waals surface area contributed by atoms with Gasteiger partial charge in [0.15, 0.2) is 0 Å². The molecule has 0 spiro atoms. The molecule has 0 aliphatic rings. The highest BCUT2D eigenvalue weighted by molar-refractivity contribution is 7.99. The van der Waals surface area contributed by atoms with Crippen molar-refractivity contribution >= 4 is 17.5 Å². The largest absolute Gasteiger partial charge is 0.300 e. The molecule has 1 aromatic carbocycles. The molecule has 0 amide bonds. The Labute approximate surface area is 81.3 Å². The molecule has 0 aliphatic heterocycles. The lowest BCUT2D eigenvalue weighted by atomic mass is 10.3. The molecule has 0 heterocycles. The van der Waals surface area contributed by atoms with Crippen LogP contribution in [-0.4, -0.2) is 11.5 Å². The van der Waals surface area contributed by atoms with Crippen LogP contribution in [0.25, 0.3) is 0 Å². The van der Waals surface area contributed by atoms with Crippen molar-refractivity contribution in [3.8, 4) is 0 Å². The summed E-state index contributed by atoms with van der Waals surface area (Å²) in [5.41, 5.74) is 0. The molecule has 0 radical (unpaired) electrons. The Balaban J connectivity index is 2.37. The molecule has 1 nitrogen and oxygen atoms in total. The molecule has 3 heteroatoms. The Morgan fingerprint density at radius 2 is 2.00 bits per heavy atom. The lowest BCUT2D eigenvalue weighted by Gasteiger charge is -1.98. The highest BCUT2D eigenvalue weighted by Crippen LogP contribution is 2.18. The quantitative estimate of drug-likeness (QED) is 0.692. The van der Waals surface area contributed by atoms with E-state index in [4.69, 9.17) is 0 Å². The first-order valence-electron chi connectivity index (χ1n) is 4.06. The lowest BCUT2D eigenvalue weighted by Crippen LogP contribution is -1.91. The molecular weight excluding hydrogens is 187 g/mol. The van der Waals surface area contributed by atoms with Crippen molar-refractivity contribution in [2.75, 3.05) is 5.75 Å². The molecule has 0 saturated heterocycles. The van der Waals surface area contributed by atoms with E-state index in [-0.39, 0.29) is 11.6 Å². The van der Waals surface area contributed by atoms with E-state index in [0.29, 0.717) is 6.42 Å². The van der Waals surface area contributed by atoms with Crippen LogP contribution in [-0.2, 0) is 4.79 Å². The van der Waals surface area contributed by atoms with Gasteiger partial charge in [0.1, 0.15) is 11.6 Å². The minimum absolute atomic E-state index is 0.189. The van der Waals surface area contributed by atoms with E-state index >= 15 is 0 Å². The maximum absolute atomic E-state index is 12.5. The van der Waals surface area contributed by atoms with E-state index in [1.54, 1.807) is 30.8 Å². The lowest BCUT2D eigenvalue weighted by molar-refractivity contribution is -0.116. The van der Waals surface area contributed by atoms with Crippen molar-refractivity contribution in [3.05, 3.63) is 30.1 Å². The van der Waals surface area contributed by atoms with E-state index in [1.807, 2.05) is 0 Å². The first-order chi connectivity index (χ1) is 6.18. The number of ketones is 1. The first kappa shape index (κ1) is 10.3. The predicted molar refractivity (Wildman–Crippen MR) is 52.4 cm³/mol. The Kier molecular flexibility index (Phi) is 3.96. The van der Waals surface area contributed by atoms with Gasteiger partial charge in [0, 0.05) is 17.1 Å². The number of rotatable bonds is 4. The number of Topliss-reactive ketones (excluding diaryl/α,β-unsaturated/α-hetero) is 1. The van der Waals surface area contributed by atoms with E-state index in [9.17, 15) is 9.18 Å². The third-order valence-electron chi connectivity index (χ3n) is 1.54. The highest BCUT2D eigenvalue weighted by atomic mass is 32.2. The minimum Gasteiger partial charge on any atom is -0.300 e. The second kappa shape index (κ2) is 5.02.